The molecule has 1 aromatic heterocycles. The second kappa shape index (κ2) is 6.54. The van der Waals surface area contributed by atoms with Crippen LogP contribution in [0.25, 0.3) is 0 Å². The van der Waals surface area contributed by atoms with Gasteiger partial charge >= 0.3 is 0 Å². The lowest BCUT2D eigenvalue weighted by atomic mass is 9.97. The van der Waals surface area contributed by atoms with Gasteiger partial charge in [-0.05, 0) is 18.4 Å². The number of nitrogens with one attached hydrogen (secondary N) is 1. The summed E-state index contributed by atoms with van der Waals surface area (Å²) in [7, 11) is 1.86. The number of aromatic nitrogens is 2. The van der Waals surface area contributed by atoms with Crippen molar-refractivity contribution in [2.75, 3.05) is 18.4 Å². The summed E-state index contributed by atoms with van der Waals surface area (Å²) in [6.45, 7) is 6.74. The van der Waals surface area contributed by atoms with E-state index in [1.807, 2.05) is 26.2 Å². The van der Waals surface area contributed by atoms with Gasteiger partial charge in [-0.3, -0.25) is 14.4 Å². The number of likely N-dealkylation sites (tertiary alicyclic amines) is 1. The molecule has 1 aliphatic rings. The van der Waals surface area contributed by atoms with Crippen LogP contribution >= 0.6 is 0 Å². The largest absolute Gasteiger partial charge is 0.323 e. The highest BCUT2D eigenvalue weighted by Crippen LogP contribution is 2.26. The summed E-state index contributed by atoms with van der Waals surface area (Å²) in [4.78, 5) is 15.0. The maximum absolute atomic E-state index is 12.6. The number of rotatable bonds is 4. The Hall–Kier alpha value is -2.14. The second-order valence-corrected chi connectivity index (χ2v) is 6.55. The lowest BCUT2D eigenvalue weighted by molar-refractivity contribution is -0.120. The number of aryl methyl sites for hydroxylation is 2. The lowest BCUT2D eigenvalue weighted by Crippen LogP contribution is -2.28. The van der Waals surface area contributed by atoms with E-state index in [4.69, 9.17) is 0 Å². The third kappa shape index (κ3) is 3.62. The maximum Gasteiger partial charge on any atom is 0.229 e. The van der Waals surface area contributed by atoms with Crippen LogP contribution in [-0.2, 0) is 18.4 Å². The minimum Gasteiger partial charge on any atom is -0.323 e. The molecule has 1 N–H and O–H groups in total. The molecular formula is C18H24N4O. The first-order chi connectivity index (χ1) is 11.0. The Bertz CT molecular complexity index is 680. The van der Waals surface area contributed by atoms with Crippen LogP contribution in [0.15, 0.2) is 36.5 Å². The zero-order valence-electron chi connectivity index (χ0n) is 14.0. The molecule has 2 aromatic rings. The summed E-state index contributed by atoms with van der Waals surface area (Å²) in [6, 6.07) is 10.4. The van der Waals surface area contributed by atoms with Gasteiger partial charge in [0.2, 0.25) is 5.91 Å². The molecule has 1 fully saturated rings. The third-order valence-corrected chi connectivity index (χ3v) is 4.55. The Labute approximate surface area is 137 Å². The molecule has 5 heteroatoms. The molecule has 23 heavy (non-hydrogen) atoms. The molecular weight excluding hydrogens is 288 g/mol. The summed E-state index contributed by atoms with van der Waals surface area (Å²) >= 11 is 0. The van der Waals surface area contributed by atoms with Crippen molar-refractivity contribution in [3.8, 4) is 0 Å². The van der Waals surface area contributed by atoms with Crippen LogP contribution in [0.1, 0.15) is 18.2 Å². The molecule has 0 bridgehead atoms. The van der Waals surface area contributed by atoms with Crippen LogP contribution in [0.3, 0.4) is 0 Å². The highest BCUT2D eigenvalue weighted by Gasteiger charge is 2.34. The van der Waals surface area contributed by atoms with Crippen LogP contribution in [0.2, 0.25) is 0 Å². The zero-order chi connectivity index (χ0) is 16.4. The molecule has 0 spiro atoms. The molecule has 1 aromatic carbocycles. The van der Waals surface area contributed by atoms with Crippen LogP contribution in [0.4, 0.5) is 5.69 Å². The quantitative estimate of drug-likeness (QED) is 0.943. The van der Waals surface area contributed by atoms with Gasteiger partial charge < -0.3 is 5.32 Å². The van der Waals surface area contributed by atoms with Crippen molar-refractivity contribution in [2.45, 2.75) is 20.4 Å². The normalized spacial score (nSPS) is 21.5. The molecule has 0 radical (unpaired) electrons. The lowest BCUT2D eigenvalue weighted by Gasteiger charge is -2.16. The Balaban J connectivity index is 1.62. The van der Waals surface area contributed by atoms with Crippen LogP contribution in [0, 0.1) is 18.8 Å². The highest BCUT2D eigenvalue weighted by atomic mass is 16.2. The first-order valence-corrected chi connectivity index (χ1v) is 8.10. The zero-order valence-corrected chi connectivity index (χ0v) is 14.0. The number of nitrogens with zero attached hydrogens (tertiary/aromatic N) is 3. The van der Waals surface area contributed by atoms with E-state index in [1.54, 1.807) is 4.68 Å². The maximum atomic E-state index is 12.6. The van der Waals surface area contributed by atoms with Crippen molar-refractivity contribution >= 4 is 11.6 Å². The van der Waals surface area contributed by atoms with E-state index in [1.165, 1.54) is 5.56 Å². The third-order valence-electron chi connectivity index (χ3n) is 4.55. The summed E-state index contributed by atoms with van der Waals surface area (Å²) in [5, 5.41) is 7.31. The number of carbonyl (C=O) groups is 1. The highest BCUT2D eigenvalue weighted by molar-refractivity contribution is 5.93. The first-order valence-electron chi connectivity index (χ1n) is 8.10. The van der Waals surface area contributed by atoms with Gasteiger partial charge in [0.1, 0.15) is 0 Å². The van der Waals surface area contributed by atoms with E-state index in [0.29, 0.717) is 5.92 Å². The minimum absolute atomic E-state index is 0.0262. The average molecular weight is 312 g/mol. The van der Waals surface area contributed by atoms with Gasteiger partial charge in [-0.2, -0.15) is 5.10 Å². The predicted molar refractivity (Wildman–Crippen MR) is 90.9 cm³/mol. The van der Waals surface area contributed by atoms with E-state index in [0.717, 1.165) is 31.0 Å². The standard InChI is InChI=1S/C18H24N4O/c1-13-9-22(10-15-7-5-4-6-8-15)11-16(13)18(23)19-17-12-21(3)20-14(17)2/h4-8,12-13,16H,9-11H2,1-3H3,(H,19,23)/t13-,16-/m1/s1. The monoisotopic (exact) mass is 312 g/mol. The summed E-state index contributed by atoms with van der Waals surface area (Å²) in [5.74, 6) is 0.484. The van der Waals surface area contributed by atoms with Crippen molar-refractivity contribution in [2.24, 2.45) is 18.9 Å². The van der Waals surface area contributed by atoms with Gasteiger partial charge in [0.05, 0.1) is 17.3 Å². The summed E-state index contributed by atoms with van der Waals surface area (Å²) in [6.07, 6.45) is 1.86. The van der Waals surface area contributed by atoms with Gasteiger partial charge in [-0.25, -0.2) is 0 Å². The molecule has 1 aliphatic heterocycles. The molecule has 0 unspecified atom stereocenters. The van der Waals surface area contributed by atoms with E-state index in [2.05, 4.69) is 46.5 Å². The summed E-state index contributed by atoms with van der Waals surface area (Å²) < 4.78 is 1.73. The van der Waals surface area contributed by atoms with Crippen LogP contribution in [-0.4, -0.2) is 33.7 Å². The van der Waals surface area contributed by atoms with Crippen molar-refractivity contribution < 1.29 is 4.79 Å². The average Bonchev–Trinajstić information content (AvgIpc) is 3.02. The number of hydrogen-bond acceptors (Lipinski definition) is 3. The second-order valence-electron chi connectivity index (χ2n) is 6.55. The minimum atomic E-state index is 0.0262. The van der Waals surface area contributed by atoms with E-state index in [9.17, 15) is 4.79 Å². The predicted octanol–water partition coefficient (Wildman–Crippen LogP) is 2.44. The topological polar surface area (TPSA) is 50.2 Å². The molecule has 2 heterocycles. The van der Waals surface area contributed by atoms with Crippen LogP contribution < -0.4 is 5.32 Å². The fourth-order valence-corrected chi connectivity index (χ4v) is 3.33. The molecule has 2 atom stereocenters. The Morgan fingerprint density at radius 2 is 2.04 bits per heavy atom. The van der Waals surface area contributed by atoms with Gasteiger partial charge in [0, 0.05) is 32.9 Å². The molecule has 5 nitrogen and oxygen atoms in total. The number of carbonyl (C=O) groups excluding carboxylic acids is 1. The molecule has 3 rings (SSSR count). The molecule has 1 saturated heterocycles. The van der Waals surface area contributed by atoms with Crippen molar-refractivity contribution in [1.29, 1.82) is 0 Å². The Morgan fingerprint density at radius 1 is 1.30 bits per heavy atom. The van der Waals surface area contributed by atoms with Crippen molar-refractivity contribution in [3.63, 3.8) is 0 Å². The fraction of sp³-hybridized carbons (Fsp3) is 0.444. The first kappa shape index (κ1) is 15.7. The van der Waals surface area contributed by atoms with E-state index < -0.39 is 0 Å². The van der Waals surface area contributed by atoms with Crippen LogP contribution in [0.5, 0.6) is 0 Å². The number of benzene rings is 1. The number of hydrogen-bond donors (Lipinski definition) is 1. The van der Waals surface area contributed by atoms with Crippen molar-refractivity contribution in [1.82, 2.24) is 14.7 Å². The fourth-order valence-electron chi connectivity index (χ4n) is 3.33. The number of amides is 1. The molecule has 0 aliphatic carbocycles. The Morgan fingerprint density at radius 3 is 2.70 bits per heavy atom. The van der Waals surface area contributed by atoms with Gasteiger partial charge in [-0.15, -0.1) is 0 Å². The smallest absolute Gasteiger partial charge is 0.229 e. The summed E-state index contributed by atoms with van der Waals surface area (Å²) in [5.41, 5.74) is 2.96. The molecule has 122 valence electrons. The number of anilines is 1. The van der Waals surface area contributed by atoms with Gasteiger partial charge in [-0.1, -0.05) is 37.3 Å². The SMILES string of the molecule is Cc1nn(C)cc1NC(=O)[C@@H]1CN(Cc2ccccc2)C[C@H]1C. The van der Waals surface area contributed by atoms with Gasteiger partial charge in [0.15, 0.2) is 0 Å². The van der Waals surface area contributed by atoms with Crippen molar-refractivity contribution in [3.05, 3.63) is 47.8 Å². The Kier molecular flexibility index (Phi) is 4.48. The van der Waals surface area contributed by atoms with E-state index >= 15 is 0 Å². The molecule has 0 saturated carbocycles. The molecule has 1 amide bonds. The van der Waals surface area contributed by atoms with E-state index in [-0.39, 0.29) is 11.8 Å². The van der Waals surface area contributed by atoms with Gasteiger partial charge in [0.25, 0.3) is 0 Å².